The largest absolute Gasteiger partial charge is 0.324 e. The zero-order valence-electron chi connectivity index (χ0n) is 21.0. The van der Waals surface area contributed by atoms with E-state index in [9.17, 15) is 0 Å². The highest BCUT2D eigenvalue weighted by molar-refractivity contribution is 5.26. The van der Waals surface area contributed by atoms with E-state index in [1.54, 1.807) is 0 Å². The zero-order chi connectivity index (χ0) is 22.6. The van der Waals surface area contributed by atoms with Crippen LogP contribution in [0, 0.1) is 0 Å². The van der Waals surface area contributed by atoms with Crippen LogP contribution in [0.25, 0.3) is 0 Å². The van der Waals surface area contributed by atoms with Crippen molar-refractivity contribution < 1.29 is 14.2 Å². The molecule has 0 saturated heterocycles. The molecule has 0 heterocycles. The summed E-state index contributed by atoms with van der Waals surface area (Å²) in [5.74, 6) is -1.05. The lowest BCUT2D eigenvalue weighted by molar-refractivity contribution is -0.420. The Balaban J connectivity index is 3.23. The number of benzene rings is 1. The van der Waals surface area contributed by atoms with E-state index in [0.29, 0.717) is 0 Å². The molecule has 0 fully saturated rings. The molecular weight excluding hydrogens is 372 g/mol. The maximum Gasteiger partial charge on any atom is 0.290 e. The molecule has 3 nitrogen and oxygen atoms in total. The Labute approximate surface area is 186 Å². The summed E-state index contributed by atoms with van der Waals surface area (Å²) in [5.41, 5.74) is 2.59. The van der Waals surface area contributed by atoms with Crippen LogP contribution in [0.4, 0.5) is 0 Å². The fourth-order valence-corrected chi connectivity index (χ4v) is 3.98. The van der Waals surface area contributed by atoms with Crippen molar-refractivity contribution in [2.24, 2.45) is 0 Å². The molecule has 1 aromatic rings. The first-order valence-corrected chi connectivity index (χ1v) is 12.4. The average Bonchev–Trinajstić information content (AvgIpc) is 2.65. The van der Waals surface area contributed by atoms with Crippen molar-refractivity contribution in [3.8, 4) is 0 Å². The van der Waals surface area contributed by atoms with Crippen LogP contribution in [-0.4, -0.2) is 24.3 Å². The van der Waals surface area contributed by atoms with Gasteiger partial charge in [0.15, 0.2) is 0 Å². The summed E-state index contributed by atoms with van der Waals surface area (Å²) in [6.07, 6.45) is 9.66. The van der Waals surface area contributed by atoms with Crippen LogP contribution in [0.1, 0.15) is 117 Å². The molecule has 3 heteroatoms. The van der Waals surface area contributed by atoms with Gasteiger partial charge in [-0.05, 0) is 65.5 Å². The Morgan fingerprint density at radius 1 is 0.667 bits per heavy atom. The molecule has 0 saturated carbocycles. The second-order valence-corrected chi connectivity index (χ2v) is 9.31. The number of rotatable bonds is 16. The van der Waals surface area contributed by atoms with Gasteiger partial charge in [0.2, 0.25) is 0 Å². The van der Waals surface area contributed by atoms with E-state index >= 15 is 0 Å². The van der Waals surface area contributed by atoms with Crippen LogP contribution in [0.5, 0.6) is 0 Å². The Kier molecular flexibility index (Phi) is 12.9. The summed E-state index contributed by atoms with van der Waals surface area (Å²) >= 11 is 0. The molecule has 0 aromatic heterocycles. The van der Waals surface area contributed by atoms with E-state index in [2.05, 4.69) is 79.7 Å². The van der Waals surface area contributed by atoms with E-state index in [4.69, 9.17) is 14.2 Å². The van der Waals surface area contributed by atoms with E-state index < -0.39 is 5.97 Å². The highest BCUT2D eigenvalue weighted by atomic mass is 16.9. The average molecular weight is 421 g/mol. The smallest absolute Gasteiger partial charge is 0.290 e. The van der Waals surface area contributed by atoms with Crippen molar-refractivity contribution in [1.29, 1.82) is 0 Å². The lowest BCUT2D eigenvalue weighted by Gasteiger charge is -2.43. The molecule has 0 aliphatic rings. The van der Waals surface area contributed by atoms with Gasteiger partial charge in [0.05, 0.1) is 24.2 Å². The first-order valence-electron chi connectivity index (χ1n) is 12.4. The molecule has 1 atom stereocenters. The van der Waals surface area contributed by atoms with Gasteiger partial charge in [-0.1, -0.05) is 76.6 Å². The number of hydrogen-bond acceptors (Lipinski definition) is 3. The minimum Gasteiger partial charge on any atom is -0.324 e. The van der Waals surface area contributed by atoms with Crippen molar-refractivity contribution in [3.05, 3.63) is 35.4 Å². The van der Waals surface area contributed by atoms with Gasteiger partial charge in [-0.3, -0.25) is 0 Å². The van der Waals surface area contributed by atoms with E-state index in [1.807, 2.05) is 0 Å². The van der Waals surface area contributed by atoms with Crippen molar-refractivity contribution in [2.45, 2.75) is 137 Å². The Morgan fingerprint density at radius 2 is 1.13 bits per heavy atom. The molecule has 0 aliphatic carbocycles. The maximum absolute atomic E-state index is 6.48. The van der Waals surface area contributed by atoms with Crippen LogP contribution in [0.3, 0.4) is 0 Å². The van der Waals surface area contributed by atoms with Gasteiger partial charge >= 0.3 is 0 Å². The molecule has 30 heavy (non-hydrogen) atoms. The van der Waals surface area contributed by atoms with Gasteiger partial charge in [-0.25, -0.2) is 0 Å². The standard InChI is InChI=1S/C27H48O3/c1-9-11-12-13-14-15-16-26(25-19-17-24(10-2)18-20-25)27(28-21(3)4,29-22(5)6)30-23(7)8/h17-23,26H,9-16H2,1-8H3. The van der Waals surface area contributed by atoms with Gasteiger partial charge in [-0.15, -0.1) is 0 Å². The number of hydrogen-bond donors (Lipinski definition) is 0. The highest BCUT2D eigenvalue weighted by Crippen LogP contribution is 2.41. The second kappa shape index (κ2) is 14.2. The Morgan fingerprint density at radius 3 is 1.57 bits per heavy atom. The first kappa shape index (κ1) is 27.1. The van der Waals surface area contributed by atoms with Gasteiger partial charge in [0.25, 0.3) is 5.97 Å². The fraction of sp³-hybridized carbons (Fsp3) is 0.778. The third kappa shape index (κ3) is 9.49. The highest BCUT2D eigenvalue weighted by Gasteiger charge is 2.45. The summed E-state index contributed by atoms with van der Waals surface area (Å²) in [6.45, 7) is 16.8. The lowest BCUT2D eigenvalue weighted by atomic mass is 9.89. The lowest BCUT2D eigenvalue weighted by Crippen LogP contribution is -2.49. The minimum atomic E-state index is -1.08. The molecule has 1 aromatic carbocycles. The zero-order valence-corrected chi connectivity index (χ0v) is 21.0. The number of ether oxygens (including phenoxy) is 3. The Bertz CT molecular complexity index is 521. The maximum atomic E-state index is 6.48. The summed E-state index contributed by atoms with van der Waals surface area (Å²) < 4.78 is 19.5. The van der Waals surface area contributed by atoms with E-state index in [-0.39, 0.29) is 24.2 Å². The molecule has 1 rings (SSSR count). The molecule has 0 aliphatic heterocycles. The van der Waals surface area contributed by atoms with Crippen LogP contribution < -0.4 is 0 Å². The van der Waals surface area contributed by atoms with Crippen molar-refractivity contribution >= 4 is 0 Å². The SMILES string of the molecule is CCCCCCCCC(c1ccc(CC)cc1)C(OC(C)C)(OC(C)C)OC(C)C. The van der Waals surface area contributed by atoms with Crippen LogP contribution in [0.2, 0.25) is 0 Å². The monoisotopic (exact) mass is 420 g/mol. The topological polar surface area (TPSA) is 27.7 Å². The molecule has 0 N–H and O–H groups in total. The number of aryl methyl sites for hydroxylation is 1. The van der Waals surface area contributed by atoms with Crippen LogP contribution >= 0.6 is 0 Å². The minimum absolute atomic E-state index is 0.00414. The molecule has 1 unspecified atom stereocenters. The van der Waals surface area contributed by atoms with Crippen LogP contribution in [-0.2, 0) is 20.6 Å². The van der Waals surface area contributed by atoms with E-state index in [0.717, 1.165) is 19.3 Å². The third-order valence-corrected chi connectivity index (χ3v) is 5.26. The normalized spacial score (nSPS) is 13.6. The van der Waals surface area contributed by atoms with Gasteiger partial charge in [-0.2, -0.15) is 0 Å². The van der Waals surface area contributed by atoms with Crippen molar-refractivity contribution in [1.82, 2.24) is 0 Å². The third-order valence-electron chi connectivity index (χ3n) is 5.26. The first-order chi connectivity index (χ1) is 14.2. The van der Waals surface area contributed by atoms with Crippen LogP contribution in [0.15, 0.2) is 24.3 Å². The van der Waals surface area contributed by atoms with Gasteiger partial charge < -0.3 is 14.2 Å². The Hall–Kier alpha value is -0.900. The molecule has 0 spiro atoms. The number of unbranched alkanes of at least 4 members (excludes halogenated alkanes) is 5. The predicted octanol–water partition coefficient (Wildman–Crippen LogP) is 8.01. The summed E-state index contributed by atoms with van der Waals surface area (Å²) in [4.78, 5) is 0. The summed E-state index contributed by atoms with van der Waals surface area (Å²) in [5, 5.41) is 0. The quantitative estimate of drug-likeness (QED) is 0.200. The van der Waals surface area contributed by atoms with Crippen molar-refractivity contribution in [3.63, 3.8) is 0 Å². The molecule has 174 valence electrons. The van der Waals surface area contributed by atoms with Gasteiger partial charge in [0.1, 0.15) is 0 Å². The molecule has 0 amide bonds. The predicted molar refractivity (Wildman–Crippen MR) is 128 cm³/mol. The van der Waals surface area contributed by atoms with Gasteiger partial charge in [0, 0.05) is 0 Å². The molecule has 0 radical (unpaired) electrons. The van der Waals surface area contributed by atoms with Crippen molar-refractivity contribution in [2.75, 3.05) is 0 Å². The van der Waals surface area contributed by atoms with E-state index in [1.165, 1.54) is 43.2 Å². The summed E-state index contributed by atoms with van der Waals surface area (Å²) in [6, 6.07) is 8.95. The molecular formula is C27H48O3. The summed E-state index contributed by atoms with van der Waals surface area (Å²) in [7, 11) is 0. The molecule has 0 bridgehead atoms. The second-order valence-electron chi connectivity index (χ2n) is 9.31. The fourth-order valence-electron chi connectivity index (χ4n) is 3.98.